The quantitative estimate of drug-likeness (QED) is 0.303. The number of nitrogens with two attached hydrogens (primary N) is 1. The van der Waals surface area contributed by atoms with E-state index in [1.54, 1.807) is 24.3 Å². The third-order valence-corrected chi connectivity index (χ3v) is 8.02. The van der Waals surface area contributed by atoms with Crippen LogP contribution in [0.25, 0.3) is 0 Å². The molecule has 4 N–H and O–H groups in total. The maximum Gasteiger partial charge on any atom is 0.271 e. The first-order valence-electron chi connectivity index (χ1n) is 14.8. The summed E-state index contributed by atoms with van der Waals surface area (Å²) in [6.45, 7) is 12.0. The van der Waals surface area contributed by atoms with Crippen molar-refractivity contribution in [3.63, 3.8) is 0 Å². The van der Waals surface area contributed by atoms with Crippen LogP contribution in [0.1, 0.15) is 35.9 Å². The van der Waals surface area contributed by atoms with Crippen molar-refractivity contribution < 1.29 is 14.3 Å². The van der Waals surface area contributed by atoms with Crippen LogP contribution in [0, 0.1) is 0 Å². The van der Waals surface area contributed by atoms with Gasteiger partial charge in [0.25, 0.3) is 5.91 Å². The number of aromatic nitrogens is 2. The molecule has 0 saturated carbocycles. The number of piperidine rings is 1. The number of hydrogen-bond donors (Lipinski definition) is 3. The fourth-order valence-electron chi connectivity index (χ4n) is 5.54. The lowest BCUT2D eigenvalue weighted by atomic mass is 10.0. The predicted octanol–water partition coefficient (Wildman–Crippen LogP) is 4.01. The van der Waals surface area contributed by atoms with Crippen LogP contribution in [0.2, 0.25) is 0 Å². The number of nitrogens with zero attached hydrogens (tertiary/aromatic N) is 5. The summed E-state index contributed by atoms with van der Waals surface area (Å²) in [5.41, 5.74) is 8.66. The third kappa shape index (κ3) is 7.49. The summed E-state index contributed by atoms with van der Waals surface area (Å²) >= 11 is 0. The molecule has 2 amide bonds. The number of primary amides is 1. The maximum absolute atomic E-state index is 12.3. The van der Waals surface area contributed by atoms with Crippen LogP contribution in [0.3, 0.4) is 0 Å². The minimum absolute atomic E-state index is 0.0336. The van der Waals surface area contributed by atoms with Crippen molar-refractivity contribution in [2.24, 2.45) is 5.73 Å². The van der Waals surface area contributed by atoms with Gasteiger partial charge in [-0.25, -0.2) is 4.98 Å². The minimum atomic E-state index is -0.690. The van der Waals surface area contributed by atoms with Gasteiger partial charge in [-0.2, -0.15) is 4.98 Å². The molecular weight excluding hydrogens is 544 g/mol. The van der Waals surface area contributed by atoms with Gasteiger partial charge in [0.15, 0.2) is 11.5 Å². The third-order valence-electron chi connectivity index (χ3n) is 8.02. The van der Waals surface area contributed by atoms with Crippen LogP contribution in [0.5, 0.6) is 11.6 Å². The molecule has 0 radical (unpaired) electrons. The van der Waals surface area contributed by atoms with Crippen molar-refractivity contribution in [2.45, 2.75) is 32.2 Å². The second-order valence-corrected chi connectivity index (χ2v) is 10.9. The van der Waals surface area contributed by atoms with E-state index < -0.39 is 5.91 Å². The lowest BCUT2D eigenvalue weighted by Crippen LogP contribution is -2.52. The highest BCUT2D eigenvalue weighted by atomic mass is 16.5. The van der Waals surface area contributed by atoms with Gasteiger partial charge in [0.05, 0.1) is 0 Å². The molecule has 1 aromatic heterocycles. The number of anilines is 4. The van der Waals surface area contributed by atoms with Gasteiger partial charge in [0.2, 0.25) is 11.8 Å². The van der Waals surface area contributed by atoms with Crippen molar-refractivity contribution in [2.75, 3.05) is 61.8 Å². The Balaban J connectivity index is 1.28. The number of piperazine rings is 1. The van der Waals surface area contributed by atoms with E-state index in [4.69, 9.17) is 10.5 Å². The van der Waals surface area contributed by atoms with Crippen LogP contribution in [-0.4, -0.2) is 83.9 Å². The Bertz CT molecular complexity index is 1450. The molecule has 2 saturated heterocycles. The van der Waals surface area contributed by atoms with Gasteiger partial charge in [-0.05, 0) is 68.8 Å². The summed E-state index contributed by atoms with van der Waals surface area (Å²) in [4.78, 5) is 40.6. The summed E-state index contributed by atoms with van der Waals surface area (Å²) in [5.74, 6) is -0.127. The smallest absolute Gasteiger partial charge is 0.271 e. The highest BCUT2D eigenvalue weighted by Gasteiger charge is 2.27. The fraction of sp³-hybridized carbons (Fsp3) is 0.375. The average Bonchev–Trinajstić information content (AvgIpc) is 3.02. The van der Waals surface area contributed by atoms with Crippen molar-refractivity contribution in [1.82, 2.24) is 19.8 Å². The second kappa shape index (κ2) is 13.7. The maximum atomic E-state index is 12.3. The molecule has 0 spiro atoms. The topological polar surface area (TPSA) is 129 Å². The van der Waals surface area contributed by atoms with Gasteiger partial charge in [-0.15, -0.1) is 0 Å². The van der Waals surface area contributed by atoms with Crippen molar-refractivity contribution in [1.29, 1.82) is 0 Å². The number of aryl methyl sites for hydroxylation is 1. The Hall–Kier alpha value is -4.48. The summed E-state index contributed by atoms with van der Waals surface area (Å²) in [7, 11) is 2.20. The summed E-state index contributed by atoms with van der Waals surface area (Å²) in [5, 5.41) is 5.92. The van der Waals surface area contributed by atoms with E-state index in [2.05, 4.69) is 61.1 Å². The standard InChI is InChI=1S/C32H40N8O3/c1-4-27-32(43-26-8-6-7-23(21-26)34-28(41)5-2)37-31(29(36-27)30(33)42)35-22-9-11-24(12-10-22)39-15-13-25(14-16-39)40-19-17-38(3)18-20-40/h5-12,21,25H,2,4,13-20H2,1,3H3,(H2,33,42)(H,34,41)(H,35,37). The molecule has 5 rings (SSSR count). The summed E-state index contributed by atoms with van der Waals surface area (Å²) < 4.78 is 6.07. The van der Waals surface area contributed by atoms with E-state index in [0.717, 1.165) is 63.5 Å². The Kier molecular flexibility index (Phi) is 9.53. The first-order chi connectivity index (χ1) is 20.8. The van der Waals surface area contributed by atoms with Crippen LogP contribution in [0.15, 0.2) is 61.2 Å². The SMILES string of the molecule is C=CC(=O)Nc1cccc(Oc2nc(Nc3ccc(N4CCC(N5CCN(C)CC5)CC4)cc3)c(C(N)=O)nc2CC)c1. The number of nitrogens with one attached hydrogen (secondary N) is 2. The zero-order chi connectivity index (χ0) is 30.3. The average molecular weight is 585 g/mol. The molecule has 226 valence electrons. The Labute approximate surface area is 252 Å². The number of carbonyl (C=O) groups excluding carboxylic acids is 2. The Morgan fingerprint density at radius 3 is 2.40 bits per heavy atom. The van der Waals surface area contributed by atoms with E-state index in [1.807, 2.05) is 19.1 Å². The molecule has 11 heteroatoms. The zero-order valence-corrected chi connectivity index (χ0v) is 24.9. The van der Waals surface area contributed by atoms with Gasteiger partial charge < -0.3 is 30.9 Å². The van der Waals surface area contributed by atoms with E-state index in [9.17, 15) is 9.59 Å². The monoisotopic (exact) mass is 584 g/mol. The molecular formula is C32H40N8O3. The molecule has 0 atom stereocenters. The van der Waals surface area contributed by atoms with E-state index in [0.29, 0.717) is 29.6 Å². The van der Waals surface area contributed by atoms with Crippen molar-refractivity contribution >= 4 is 34.7 Å². The Morgan fingerprint density at radius 1 is 1.02 bits per heavy atom. The highest BCUT2D eigenvalue weighted by Crippen LogP contribution is 2.30. The molecule has 0 aliphatic carbocycles. The van der Waals surface area contributed by atoms with Gasteiger partial charge in [-0.1, -0.05) is 19.6 Å². The number of amides is 2. The molecule has 2 aliphatic heterocycles. The first kappa shape index (κ1) is 30.0. The number of rotatable bonds is 10. The lowest BCUT2D eigenvalue weighted by molar-refractivity contribution is -0.111. The number of carbonyl (C=O) groups is 2. The Morgan fingerprint density at radius 2 is 1.74 bits per heavy atom. The lowest BCUT2D eigenvalue weighted by Gasteiger charge is -2.42. The zero-order valence-electron chi connectivity index (χ0n) is 24.9. The van der Waals surface area contributed by atoms with Crippen LogP contribution >= 0.6 is 0 Å². The predicted molar refractivity (Wildman–Crippen MR) is 169 cm³/mol. The number of ether oxygens (including phenoxy) is 1. The van der Waals surface area contributed by atoms with Crippen molar-refractivity contribution in [3.8, 4) is 11.6 Å². The molecule has 3 heterocycles. The van der Waals surface area contributed by atoms with Crippen LogP contribution < -0.4 is 26.0 Å². The molecule has 0 unspecified atom stereocenters. The fourth-order valence-corrected chi connectivity index (χ4v) is 5.54. The highest BCUT2D eigenvalue weighted by molar-refractivity contribution is 5.99. The number of hydrogen-bond acceptors (Lipinski definition) is 9. The molecule has 2 aliphatic rings. The van der Waals surface area contributed by atoms with Gasteiger partial charge in [0.1, 0.15) is 11.4 Å². The minimum Gasteiger partial charge on any atom is -0.437 e. The van der Waals surface area contributed by atoms with Crippen molar-refractivity contribution in [3.05, 3.63) is 72.6 Å². The number of benzene rings is 2. The first-order valence-corrected chi connectivity index (χ1v) is 14.8. The molecule has 2 fully saturated rings. The second-order valence-electron chi connectivity index (χ2n) is 10.9. The molecule has 11 nitrogen and oxygen atoms in total. The molecule has 3 aromatic rings. The largest absolute Gasteiger partial charge is 0.437 e. The summed E-state index contributed by atoms with van der Waals surface area (Å²) in [6.07, 6.45) is 3.99. The van der Waals surface area contributed by atoms with Crippen LogP contribution in [-0.2, 0) is 11.2 Å². The molecule has 43 heavy (non-hydrogen) atoms. The van der Waals surface area contributed by atoms with Crippen LogP contribution in [0.4, 0.5) is 22.9 Å². The van der Waals surface area contributed by atoms with Gasteiger partial charge in [0, 0.05) is 68.4 Å². The molecule has 0 bridgehead atoms. The van der Waals surface area contributed by atoms with E-state index >= 15 is 0 Å². The molecule has 2 aromatic carbocycles. The van der Waals surface area contributed by atoms with E-state index in [-0.39, 0.29) is 23.3 Å². The van der Waals surface area contributed by atoms with Gasteiger partial charge >= 0.3 is 0 Å². The number of likely N-dealkylation sites (N-methyl/N-ethyl adjacent to an activating group) is 1. The normalized spacial score (nSPS) is 16.5. The van der Waals surface area contributed by atoms with E-state index in [1.165, 1.54) is 6.08 Å². The summed E-state index contributed by atoms with van der Waals surface area (Å²) in [6, 6.07) is 15.7. The van der Waals surface area contributed by atoms with Gasteiger partial charge in [-0.3, -0.25) is 14.5 Å².